The van der Waals surface area contributed by atoms with E-state index in [1.54, 1.807) is 4.74 Å². The van der Waals surface area contributed by atoms with E-state index < -0.39 is 48.6 Å². The molecule has 2 atom stereocenters. The van der Waals surface area contributed by atoms with Gasteiger partial charge in [0.1, 0.15) is 5.75 Å². The van der Waals surface area contributed by atoms with E-state index in [2.05, 4.69) is 16.1 Å². The SMILES string of the molecule is C=Cc1ccc(OC(F)(F)C(F)OC(F)(OC(F)(F)C(F)(F)C(F)(F)F)C(F)(F)F)cc1. The van der Waals surface area contributed by atoms with Crippen LogP contribution in [0, 0.1) is 0 Å². The second-order valence-corrected chi connectivity index (χ2v) is 5.60. The van der Waals surface area contributed by atoms with Crippen molar-refractivity contribution in [2.75, 3.05) is 0 Å². The van der Waals surface area contributed by atoms with Gasteiger partial charge in [0.2, 0.25) is 0 Å². The van der Waals surface area contributed by atoms with Crippen LogP contribution in [0.15, 0.2) is 30.8 Å². The Kier molecular flexibility index (Phi) is 7.42. The number of rotatable bonds is 9. The van der Waals surface area contributed by atoms with Gasteiger partial charge in [0.05, 0.1) is 0 Å². The summed E-state index contributed by atoms with van der Waals surface area (Å²) in [6, 6.07) is -3.57. The van der Waals surface area contributed by atoms with Gasteiger partial charge in [-0.25, -0.2) is 9.13 Å². The average molecular weight is 502 g/mol. The van der Waals surface area contributed by atoms with E-state index in [9.17, 15) is 61.5 Å². The number of ether oxygens (including phenoxy) is 3. The Bertz CT molecular complexity index is 786. The van der Waals surface area contributed by atoms with Crippen molar-refractivity contribution in [1.29, 1.82) is 0 Å². The quantitative estimate of drug-likeness (QED) is 0.281. The van der Waals surface area contributed by atoms with Gasteiger partial charge >= 0.3 is 42.9 Å². The third kappa shape index (κ3) is 5.73. The summed E-state index contributed by atoms with van der Waals surface area (Å²) in [5.41, 5.74) is 0.273. The highest BCUT2D eigenvalue weighted by Gasteiger charge is 2.79. The van der Waals surface area contributed by atoms with Crippen molar-refractivity contribution in [2.24, 2.45) is 0 Å². The van der Waals surface area contributed by atoms with Gasteiger partial charge in [-0.05, 0) is 17.7 Å². The van der Waals surface area contributed by atoms with Crippen LogP contribution in [-0.2, 0) is 9.47 Å². The zero-order valence-electron chi connectivity index (χ0n) is 14.7. The molecular weight excluding hydrogens is 494 g/mol. The zero-order valence-corrected chi connectivity index (χ0v) is 14.7. The summed E-state index contributed by atoms with van der Waals surface area (Å²) >= 11 is 0. The molecule has 3 nitrogen and oxygen atoms in total. The normalized spacial score (nSPS) is 16.9. The number of hydrogen-bond acceptors (Lipinski definition) is 3. The van der Waals surface area contributed by atoms with Crippen molar-refractivity contribution < 1.29 is 75.7 Å². The molecule has 17 heteroatoms. The molecule has 0 aliphatic rings. The van der Waals surface area contributed by atoms with E-state index >= 15 is 0 Å². The fourth-order valence-electron chi connectivity index (χ4n) is 1.62. The van der Waals surface area contributed by atoms with Crippen molar-refractivity contribution in [3.05, 3.63) is 36.4 Å². The van der Waals surface area contributed by atoms with Crippen LogP contribution >= 0.6 is 0 Å². The summed E-state index contributed by atoms with van der Waals surface area (Å²) in [5, 5.41) is 0. The van der Waals surface area contributed by atoms with Crippen LogP contribution in [0.1, 0.15) is 5.56 Å². The Morgan fingerprint density at radius 3 is 1.59 bits per heavy atom. The summed E-state index contributed by atoms with van der Waals surface area (Å²) in [5.74, 6) is -8.48. The van der Waals surface area contributed by atoms with Crippen LogP contribution in [0.3, 0.4) is 0 Å². The molecule has 0 amide bonds. The minimum Gasteiger partial charge on any atom is -0.429 e. The van der Waals surface area contributed by atoms with Gasteiger partial charge in [0, 0.05) is 0 Å². The maximum absolute atomic E-state index is 13.7. The molecule has 1 aromatic carbocycles. The smallest absolute Gasteiger partial charge is 0.429 e. The molecule has 0 spiro atoms. The van der Waals surface area contributed by atoms with Crippen molar-refractivity contribution >= 4 is 6.08 Å². The Morgan fingerprint density at radius 2 is 1.22 bits per heavy atom. The van der Waals surface area contributed by atoms with Gasteiger partial charge in [-0.1, -0.05) is 24.8 Å². The molecule has 0 radical (unpaired) electrons. The lowest BCUT2D eigenvalue weighted by Gasteiger charge is -2.35. The largest absolute Gasteiger partial charge is 0.478 e. The first-order chi connectivity index (χ1) is 14.1. The van der Waals surface area contributed by atoms with Crippen LogP contribution in [0.4, 0.5) is 61.5 Å². The van der Waals surface area contributed by atoms with Gasteiger partial charge in [0.25, 0.3) is 0 Å². The Labute approximate surface area is 168 Å². The maximum atomic E-state index is 13.7. The topological polar surface area (TPSA) is 27.7 Å². The summed E-state index contributed by atoms with van der Waals surface area (Å²) in [6.45, 7) is 3.27. The molecule has 1 aromatic rings. The molecule has 0 aromatic heterocycles. The molecule has 0 fully saturated rings. The number of halogens is 14. The van der Waals surface area contributed by atoms with Crippen molar-refractivity contribution in [3.8, 4) is 5.75 Å². The minimum atomic E-state index is -7.48. The molecular formula is C15H8F14O3. The second kappa shape index (κ2) is 8.57. The molecule has 0 N–H and O–H groups in total. The van der Waals surface area contributed by atoms with Crippen LogP contribution in [0.5, 0.6) is 5.75 Å². The highest BCUT2D eigenvalue weighted by atomic mass is 19.4. The van der Waals surface area contributed by atoms with Crippen molar-refractivity contribution in [2.45, 2.75) is 42.9 Å². The fourth-order valence-corrected chi connectivity index (χ4v) is 1.62. The third-order valence-electron chi connectivity index (χ3n) is 3.21. The van der Waals surface area contributed by atoms with Crippen LogP contribution < -0.4 is 4.74 Å². The molecule has 32 heavy (non-hydrogen) atoms. The number of hydrogen-bond donors (Lipinski definition) is 0. The average Bonchev–Trinajstić information content (AvgIpc) is 2.59. The van der Waals surface area contributed by atoms with Gasteiger partial charge < -0.3 is 4.74 Å². The van der Waals surface area contributed by atoms with Crippen LogP contribution in [0.2, 0.25) is 0 Å². The van der Waals surface area contributed by atoms with E-state index in [4.69, 9.17) is 0 Å². The Hall–Kier alpha value is -2.30. The van der Waals surface area contributed by atoms with E-state index in [-0.39, 0.29) is 5.56 Å². The molecule has 0 bridgehead atoms. The lowest BCUT2D eigenvalue weighted by Crippen LogP contribution is -2.61. The van der Waals surface area contributed by atoms with E-state index in [0.717, 1.165) is 12.1 Å². The van der Waals surface area contributed by atoms with Gasteiger partial charge in [-0.2, -0.15) is 57.1 Å². The van der Waals surface area contributed by atoms with E-state index in [1.165, 1.54) is 6.08 Å². The Balaban J connectivity index is 3.20. The highest BCUT2D eigenvalue weighted by molar-refractivity contribution is 5.48. The first kappa shape index (κ1) is 27.7. The van der Waals surface area contributed by atoms with Crippen LogP contribution in [0.25, 0.3) is 6.08 Å². The predicted octanol–water partition coefficient (Wildman–Crippen LogP) is 6.61. The number of benzene rings is 1. The van der Waals surface area contributed by atoms with Gasteiger partial charge in [-0.3, -0.25) is 4.74 Å². The maximum Gasteiger partial charge on any atom is 0.478 e. The molecule has 0 saturated heterocycles. The fraction of sp³-hybridized carbons (Fsp3) is 0.467. The zero-order chi connectivity index (χ0) is 25.4. The monoisotopic (exact) mass is 502 g/mol. The first-order valence-electron chi connectivity index (χ1n) is 7.49. The lowest BCUT2D eigenvalue weighted by atomic mass is 10.2. The molecule has 0 heterocycles. The summed E-state index contributed by atoms with van der Waals surface area (Å²) < 4.78 is 188. The summed E-state index contributed by atoms with van der Waals surface area (Å²) in [4.78, 5) is 0. The standard InChI is InChI=1S/C15H8F14O3/c1-2-7-3-5-8(6-4-7)30-10(17,18)9(16)31-15(29,13(24,25)26)32-14(27,28)11(19,20)12(21,22)23/h2-6,9H,1H2. The molecule has 0 saturated carbocycles. The van der Waals surface area contributed by atoms with E-state index in [0.29, 0.717) is 12.1 Å². The first-order valence-corrected chi connectivity index (χ1v) is 7.49. The summed E-state index contributed by atoms with van der Waals surface area (Å²) in [6.07, 6.45) is -31.3. The molecule has 0 aliphatic carbocycles. The molecule has 1 rings (SSSR count). The molecule has 184 valence electrons. The van der Waals surface area contributed by atoms with Crippen molar-refractivity contribution in [3.63, 3.8) is 0 Å². The number of alkyl halides is 14. The summed E-state index contributed by atoms with van der Waals surface area (Å²) in [7, 11) is 0. The molecule has 0 aliphatic heterocycles. The second-order valence-electron chi connectivity index (χ2n) is 5.60. The minimum absolute atomic E-state index is 0.273. The third-order valence-corrected chi connectivity index (χ3v) is 3.21. The van der Waals surface area contributed by atoms with Crippen LogP contribution in [-0.4, -0.2) is 42.9 Å². The van der Waals surface area contributed by atoms with Gasteiger partial charge in [-0.15, -0.1) is 0 Å². The Morgan fingerprint density at radius 1 is 0.750 bits per heavy atom. The predicted molar refractivity (Wildman–Crippen MR) is 75.0 cm³/mol. The lowest BCUT2D eigenvalue weighted by molar-refractivity contribution is -0.549. The van der Waals surface area contributed by atoms with E-state index in [1.807, 2.05) is 0 Å². The highest BCUT2D eigenvalue weighted by Crippen LogP contribution is 2.52. The molecule has 2 unspecified atom stereocenters. The van der Waals surface area contributed by atoms with Gasteiger partial charge in [0.15, 0.2) is 0 Å². The van der Waals surface area contributed by atoms with Crippen molar-refractivity contribution in [1.82, 2.24) is 0 Å².